The van der Waals surface area contributed by atoms with Crippen LogP contribution >= 0.6 is 0 Å². The zero-order valence-corrected chi connectivity index (χ0v) is 20.0. The van der Waals surface area contributed by atoms with Crippen molar-refractivity contribution in [2.24, 2.45) is 0 Å². The van der Waals surface area contributed by atoms with Gasteiger partial charge in [-0.3, -0.25) is 9.97 Å². The number of aromatic nitrogens is 2. The quantitative estimate of drug-likeness (QED) is 0.307. The number of carboxylic acids is 2. The molecule has 1 aromatic carbocycles. The van der Waals surface area contributed by atoms with E-state index in [1.807, 2.05) is 24.5 Å². The van der Waals surface area contributed by atoms with Crippen molar-refractivity contribution in [1.82, 2.24) is 9.97 Å². The van der Waals surface area contributed by atoms with E-state index in [-0.39, 0.29) is 5.92 Å². The number of carbonyl (C=O) groups is 2. The van der Waals surface area contributed by atoms with Crippen molar-refractivity contribution in [3.63, 3.8) is 0 Å². The summed E-state index contributed by atoms with van der Waals surface area (Å²) in [5, 5.41) is 19.7. The van der Waals surface area contributed by atoms with Gasteiger partial charge in [0.2, 0.25) is 0 Å². The fourth-order valence-corrected chi connectivity index (χ4v) is 3.63. The predicted octanol–water partition coefficient (Wildman–Crippen LogP) is 2.35. The molecular weight excluding hydrogens is 442 g/mol. The first-order valence-electron chi connectivity index (χ1n) is 11.8. The van der Waals surface area contributed by atoms with E-state index in [1.54, 1.807) is 0 Å². The summed E-state index contributed by atoms with van der Waals surface area (Å²) in [6.45, 7) is 3.48. The third-order valence-electron chi connectivity index (χ3n) is 5.45. The van der Waals surface area contributed by atoms with Crippen molar-refractivity contribution >= 4 is 11.9 Å². The highest BCUT2D eigenvalue weighted by atomic mass is 16.4. The van der Waals surface area contributed by atoms with Crippen molar-refractivity contribution < 1.29 is 25.1 Å². The maximum atomic E-state index is 9.53. The molecule has 0 bridgehead atoms. The zero-order valence-electron chi connectivity index (χ0n) is 20.0. The van der Waals surface area contributed by atoms with Crippen LogP contribution in [0.3, 0.4) is 0 Å². The summed E-state index contributed by atoms with van der Waals surface area (Å²) in [6.07, 6.45) is 9.31. The molecule has 35 heavy (non-hydrogen) atoms. The first kappa shape index (κ1) is 27.4. The van der Waals surface area contributed by atoms with Crippen LogP contribution in [0, 0.1) is 0 Å². The molecule has 184 valence electrons. The van der Waals surface area contributed by atoms with Gasteiger partial charge in [0.25, 0.3) is 0 Å². The molecule has 1 unspecified atom stereocenters. The molecule has 3 rings (SSSR count). The van der Waals surface area contributed by atoms with E-state index >= 15 is 0 Å². The number of hydrogen-bond acceptors (Lipinski definition) is 5. The maximum absolute atomic E-state index is 9.53. The first-order valence-corrected chi connectivity index (χ1v) is 11.8. The number of carbonyl (C=O) groups excluding carboxylic acids is 1. The fourth-order valence-electron chi connectivity index (χ4n) is 3.63. The molecule has 7 nitrogen and oxygen atoms in total. The molecular formula is C28H33N3O4. The van der Waals surface area contributed by atoms with E-state index in [1.165, 1.54) is 12.0 Å². The van der Waals surface area contributed by atoms with Gasteiger partial charge in [-0.05, 0) is 62.1 Å². The van der Waals surface area contributed by atoms with Crippen molar-refractivity contribution in [1.29, 1.82) is 0 Å². The summed E-state index contributed by atoms with van der Waals surface area (Å²) in [5.41, 5.74) is 3.67. The van der Waals surface area contributed by atoms with Crippen LogP contribution in [0.1, 0.15) is 49.1 Å². The summed E-state index contributed by atoms with van der Waals surface area (Å²) in [7, 11) is 0. The van der Waals surface area contributed by atoms with Gasteiger partial charge in [0, 0.05) is 42.2 Å². The van der Waals surface area contributed by atoms with E-state index in [0.29, 0.717) is 18.2 Å². The Morgan fingerprint density at radius 3 is 2.00 bits per heavy atom. The van der Waals surface area contributed by atoms with Gasteiger partial charge in [0.15, 0.2) is 0 Å². The smallest absolute Gasteiger partial charge is 0.328 e. The molecule has 0 saturated carbocycles. The average molecular weight is 476 g/mol. The summed E-state index contributed by atoms with van der Waals surface area (Å²) in [4.78, 5) is 28.1. The van der Waals surface area contributed by atoms with Crippen LogP contribution < -0.4 is 10.4 Å². The molecule has 0 amide bonds. The van der Waals surface area contributed by atoms with Crippen LogP contribution in [0.5, 0.6) is 0 Å². The number of carboxylic acid groups (broad SMARTS) is 2. The van der Waals surface area contributed by atoms with Crippen molar-refractivity contribution in [2.75, 3.05) is 6.54 Å². The highest BCUT2D eigenvalue weighted by Crippen LogP contribution is 2.25. The lowest BCUT2D eigenvalue weighted by molar-refractivity contribution is -0.687. The molecule has 2 aromatic heterocycles. The number of nitrogens with zero attached hydrogens (tertiary/aromatic N) is 2. The van der Waals surface area contributed by atoms with Crippen LogP contribution in [0.2, 0.25) is 0 Å². The standard InChI is InChI=1S/C24H29N3.C4H4O4/c1-20(15-16-21-10-3-2-4-11-21)25-19-9-12-22(23-13-5-7-17-26-23)24-14-6-8-18-27-24;5-3(6)1-2-4(7)8/h2-8,10-11,13-14,17-18,20,22,25H,9,12,15-16,19H2,1H3;1-2H,(H,5,6)(H,7,8)/b;2-1+. The molecule has 0 saturated heterocycles. The first-order chi connectivity index (χ1) is 17.0. The molecule has 0 aliphatic rings. The van der Waals surface area contributed by atoms with Crippen LogP contribution in [0.15, 0.2) is 91.3 Å². The minimum Gasteiger partial charge on any atom is -0.545 e. The Hall–Kier alpha value is -3.84. The number of pyridine rings is 2. The Morgan fingerprint density at radius 1 is 0.914 bits per heavy atom. The van der Waals surface area contributed by atoms with Crippen molar-refractivity contribution in [2.45, 2.75) is 44.6 Å². The Bertz CT molecular complexity index is 972. The molecule has 3 N–H and O–H groups in total. The summed E-state index contributed by atoms with van der Waals surface area (Å²) in [5.74, 6) is -2.53. The number of rotatable bonds is 12. The van der Waals surface area contributed by atoms with E-state index in [0.717, 1.165) is 37.2 Å². The largest absolute Gasteiger partial charge is 0.545 e. The third kappa shape index (κ3) is 11.7. The van der Waals surface area contributed by atoms with Gasteiger partial charge in [-0.2, -0.15) is 0 Å². The number of nitrogens with two attached hydrogens (primary N) is 1. The lowest BCUT2D eigenvalue weighted by atomic mass is 9.94. The normalized spacial score (nSPS) is 11.6. The van der Waals surface area contributed by atoms with E-state index in [9.17, 15) is 14.7 Å². The van der Waals surface area contributed by atoms with Crippen molar-refractivity contribution in [3.8, 4) is 0 Å². The van der Waals surface area contributed by atoms with Crippen LogP contribution in [-0.2, 0) is 16.0 Å². The molecule has 3 aromatic rings. The van der Waals surface area contributed by atoms with Crippen molar-refractivity contribution in [3.05, 3.63) is 108 Å². The number of quaternary nitrogens is 1. The van der Waals surface area contributed by atoms with Gasteiger partial charge >= 0.3 is 5.97 Å². The minimum atomic E-state index is -1.51. The third-order valence-corrected chi connectivity index (χ3v) is 5.45. The van der Waals surface area contributed by atoms with Gasteiger partial charge in [-0.15, -0.1) is 0 Å². The zero-order chi connectivity index (χ0) is 25.3. The van der Waals surface area contributed by atoms with Gasteiger partial charge in [-0.25, -0.2) is 4.79 Å². The predicted molar refractivity (Wildman–Crippen MR) is 132 cm³/mol. The molecule has 0 radical (unpaired) electrons. The number of hydrogen-bond donors (Lipinski definition) is 2. The van der Waals surface area contributed by atoms with Crippen LogP contribution in [-0.4, -0.2) is 39.6 Å². The Kier molecular flexibility index (Phi) is 12.5. The van der Waals surface area contributed by atoms with Gasteiger partial charge in [0.1, 0.15) is 0 Å². The SMILES string of the molecule is CC(CCc1ccccc1)[NH2+]CCCC(c1ccccn1)c1ccccn1.O=C([O-])/C=C/C(=O)O. The lowest BCUT2D eigenvalue weighted by Crippen LogP contribution is -2.89. The minimum absolute atomic E-state index is 0.278. The molecule has 0 aliphatic carbocycles. The van der Waals surface area contributed by atoms with Gasteiger partial charge in [-0.1, -0.05) is 42.5 Å². The fraction of sp³-hybridized carbons (Fsp3) is 0.286. The van der Waals surface area contributed by atoms with E-state index in [2.05, 4.69) is 76.8 Å². The van der Waals surface area contributed by atoms with E-state index in [4.69, 9.17) is 5.11 Å². The Labute approximate surface area is 206 Å². The summed E-state index contributed by atoms with van der Waals surface area (Å²) >= 11 is 0. The second kappa shape index (κ2) is 15.9. The molecule has 0 aliphatic heterocycles. The second-order valence-electron chi connectivity index (χ2n) is 8.22. The Morgan fingerprint density at radius 2 is 1.51 bits per heavy atom. The second-order valence-corrected chi connectivity index (χ2v) is 8.22. The molecule has 1 atom stereocenters. The molecule has 2 heterocycles. The maximum Gasteiger partial charge on any atom is 0.328 e. The van der Waals surface area contributed by atoms with Gasteiger partial charge < -0.3 is 20.3 Å². The van der Waals surface area contributed by atoms with Crippen LogP contribution in [0.25, 0.3) is 0 Å². The summed E-state index contributed by atoms with van der Waals surface area (Å²) < 4.78 is 0. The topological polar surface area (TPSA) is 120 Å². The molecule has 0 spiro atoms. The lowest BCUT2D eigenvalue weighted by Gasteiger charge is -2.16. The summed E-state index contributed by atoms with van der Waals surface area (Å²) in [6, 6.07) is 23.7. The van der Waals surface area contributed by atoms with E-state index < -0.39 is 11.9 Å². The van der Waals surface area contributed by atoms with Gasteiger partial charge in [0.05, 0.1) is 18.6 Å². The Balaban J connectivity index is 0.000000466. The monoisotopic (exact) mass is 475 g/mol. The highest BCUT2D eigenvalue weighted by Gasteiger charge is 2.17. The highest BCUT2D eigenvalue weighted by molar-refractivity contribution is 5.88. The molecule has 0 fully saturated rings. The average Bonchev–Trinajstić information content (AvgIpc) is 2.88. The molecule has 7 heteroatoms. The number of aliphatic carboxylic acids is 2. The number of aryl methyl sites for hydroxylation is 1. The number of benzene rings is 1. The van der Waals surface area contributed by atoms with Crippen LogP contribution in [0.4, 0.5) is 0 Å².